The SMILES string of the molecule is Cc1cccc(C)c1C1CCN(Cc2c(C(=O)N3C4CCC3CC4)[nH]c3ccccc23)CC1. The maximum atomic E-state index is 13.7. The molecule has 0 aliphatic carbocycles. The van der Waals surface area contributed by atoms with E-state index in [-0.39, 0.29) is 5.91 Å². The van der Waals surface area contributed by atoms with Gasteiger partial charge in [0.2, 0.25) is 0 Å². The summed E-state index contributed by atoms with van der Waals surface area (Å²) in [6, 6.07) is 16.0. The van der Waals surface area contributed by atoms with Gasteiger partial charge in [-0.3, -0.25) is 9.69 Å². The first-order chi connectivity index (χ1) is 16.1. The Bertz CT molecular complexity index is 1150. The van der Waals surface area contributed by atoms with Gasteiger partial charge in [0, 0.05) is 35.1 Å². The molecule has 2 bridgehead atoms. The summed E-state index contributed by atoms with van der Waals surface area (Å²) in [5.74, 6) is 0.878. The topological polar surface area (TPSA) is 39.3 Å². The number of hydrogen-bond donors (Lipinski definition) is 1. The van der Waals surface area contributed by atoms with Gasteiger partial charge in [-0.15, -0.1) is 0 Å². The van der Waals surface area contributed by atoms with Crippen LogP contribution in [0.3, 0.4) is 0 Å². The highest BCUT2D eigenvalue weighted by atomic mass is 16.2. The number of nitrogens with zero attached hydrogens (tertiary/aromatic N) is 2. The summed E-state index contributed by atoms with van der Waals surface area (Å²) >= 11 is 0. The first-order valence-electron chi connectivity index (χ1n) is 12.8. The standard InChI is InChI=1S/C29H35N3O/c1-19-6-5-7-20(2)27(19)21-14-16-31(17-15-21)18-25-24-8-3-4-9-26(24)30-28(25)29(33)32-22-10-11-23(32)13-12-22/h3-9,21-23,30H,10-18H2,1-2H3. The van der Waals surface area contributed by atoms with Crippen molar-refractivity contribution in [1.29, 1.82) is 0 Å². The lowest BCUT2D eigenvalue weighted by Gasteiger charge is -2.33. The fraction of sp³-hybridized carbons (Fsp3) is 0.483. The van der Waals surface area contributed by atoms with E-state index in [1.165, 1.54) is 60.6 Å². The lowest BCUT2D eigenvalue weighted by Crippen LogP contribution is -2.37. The van der Waals surface area contributed by atoms with E-state index in [4.69, 9.17) is 0 Å². The molecule has 0 unspecified atom stereocenters. The Kier molecular flexibility index (Phi) is 5.29. The second kappa shape index (κ2) is 8.32. The summed E-state index contributed by atoms with van der Waals surface area (Å²) in [5, 5.41) is 1.21. The molecule has 172 valence electrons. The fourth-order valence-electron chi connectivity index (χ4n) is 6.99. The molecule has 3 saturated heterocycles. The zero-order chi connectivity index (χ0) is 22.5. The third-order valence-corrected chi connectivity index (χ3v) is 8.63. The number of carbonyl (C=O) groups is 1. The van der Waals surface area contributed by atoms with Gasteiger partial charge in [0.05, 0.1) is 0 Å². The van der Waals surface area contributed by atoms with Gasteiger partial charge < -0.3 is 9.88 Å². The number of nitrogens with one attached hydrogen (secondary N) is 1. The van der Waals surface area contributed by atoms with E-state index in [9.17, 15) is 4.79 Å². The highest BCUT2D eigenvalue weighted by Gasteiger charge is 2.43. The molecule has 6 rings (SSSR count). The molecular formula is C29H35N3O. The summed E-state index contributed by atoms with van der Waals surface area (Å²) in [6.07, 6.45) is 7.09. The first kappa shape index (κ1) is 21.0. The second-order valence-corrected chi connectivity index (χ2v) is 10.6. The number of aryl methyl sites for hydroxylation is 2. The molecule has 1 amide bonds. The molecule has 4 nitrogen and oxygen atoms in total. The van der Waals surface area contributed by atoms with E-state index in [1.807, 2.05) is 0 Å². The van der Waals surface area contributed by atoms with Gasteiger partial charge >= 0.3 is 0 Å². The van der Waals surface area contributed by atoms with Crippen LogP contribution in [-0.2, 0) is 6.54 Å². The number of benzene rings is 2. The first-order valence-corrected chi connectivity index (χ1v) is 12.8. The minimum absolute atomic E-state index is 0.233. The van der Waals surface area contributed by atoms with Gasteiger partial charge in [-0.2, -0.15) is 0 Å². The number of likely N-dealkylation sites (tertiary alicyclic amines) is 1. The van der Waals surface area contributed by atoms with Crippen LogP contribution < -0.4 is 0 Å². The largest absolute Gasteiger partial charge is 0.350 e. The van der Waals surface area contributed by atoms with Crippen LogP contribution in [0.2, 0.25) is 0 Å². The minimum atomic E-state index is 0.233. The van der Waals surface area contributed by atoms with Crippen molar-refractivity contribution >= 4 is 16.8 Å². The summed E-state index contributed by atoms with van der Waals surface area (Å²) in [6.45, 7) is 7.53. The number of rotatable bonds is 4. The number of aromatic nitrogens is 1. The van der Waals surface area contributed by atoms with Gasteiger partial charge in [0.1, 0.15) is 5.69 Å². The monoisotopic (exact) mass is 441 g/mol. The highest BCUT2D eigenvalue weighted by molar-refractivity contribution is 6.01. The molecule has 2 aromatic carbocycles. The zero-order valence-corrected chi connectivity index (χ0v) is 19.9. The van der Waals surface area contributed by atoms with Crippen molar-refractivity contribution in [3.63, 3.8) is 0 Å². The van der Waals surface area contributed by atoms with Crippen LogP contribution in [0.1, 0.15) is 77.2 Å². The summed E-state index contributed by atoms with van der Waals surface area (Å²) < 4.78 is 0. The number of amides is 1. The number of carbonyl (C=O) groups excluding carboxylic acids is 1. The predicted molar refractivity (Wildman–Crippen MR) is 134 cm³/mol. The number of piperidine rings is 1. The smallest absolute Gasteiger partial charge is 0.271 e. The van der Waals surface area contributed by atoms with E-state index in [0.717, 1.165) is 30.8 Å². The van der Waals surface area contributed by atoms with E-state index in [1.54, 1.807) is 5.56 Å². The molecule has 3 fully saturated rings. The molecule has 0 saturated carbocycles. The van der Waals surface area contributed by atoms with Crippen molar-refractivity contribution in [3.05, 3.63) is 70.4 Å². The third kappa shape index (κ3) is 3.59. The second-order valence-electron chi connectivity index (χ2n) is 10.6. The number of para-hydroxylation sites is 1. The Morgan fingerprint density at radius 3 is 2.18 bits per heavy atom. The number of H-pyrrole nitrogens is 1. The molecule has 4 heterocycles. The van der Waals surface area contributed by atoms with Gasteiger partial charge in [0.25, 0.3) is 5.91 Å². The van der Waals surface area contributed by atoms with Crippen molar-refractivity contribution in [2.24, 2.45) is 0 Å². The molecule has 33 heavy (non-hydrogen) atoms. The van der Waals surface area contributed by atoms with E-state index in [2.05, 4.69) is 71.1 Å². The van der Waals surface area contributed by atoms with Crippen molar-refractivity contribution in [3.8, 4) is 0 Å². The van der Waals surface area contributed by atoms with E-state index in [0.29, 0.717) is 18.0 Å². The van der Waals surface area contributed by atoms with Crippen LogP contribution in [0, 0.1) is 13.8 Å². The van der Waals surface area contributed by atoms with E-state index >= 15 is 0 Å². The fourth-order valence-corrected chi connectivity index (χ4v) is 6.99. The minimum Gasteiger partial charge on any atom is -0.350 e. The third-order valence-electron chi connectivity index (χ3n) is 8.63. The van der Waals surface area contributed by atoms with Crippen LogP contribution in [0.15, 0.2) is 42.5 Å². The maximum Gasteiger partial charge on any atom is 0.271 e. The number of fused-ring (bicyclic) bond motifs is 3. The Labute approximate surface area is 197 Å². The van der Waals surface area contributed by atoms with Crippen LogP contribution in [0.4, 0.5) is 0 Å². The molecule has 1 aromatic heterocycles. The lowest BCUT2D eigenvalue weighted by atomic mass is 9.84. The normalized spacial score (nSPS) is 23.6. The quantitative estimate of drug-likeness (QED) is 0.545. The molecule has 0 radical (unpaired) electrons. The average Bonchev–Trinajstić information content (AvgIpc) is 3.53. The van der Waals surface area contributed by atoms with Crippen molar-refractivity contribution in [2.45, 2.75) is 76.9 Å². The van der Waals surface area contributed by atoms with Gasteiger partial charge in [0.15, 0.2) is 0 Å². The Balaban J connectivity index is 1.24. The van der Waals surface area contributed by atoms with Crippen LogP contribution in [0.5, 0.6) is 0 Å². The van der Waals surface area contributed by atoms with E-state index < -0.39 is 0 Å². The molecule has 3 aliphatic heterocycles. The van der Waals surface area contributed by atoms with Gasteiger partial charge in [-0.05, 0) is 94.1 Å². The lowest BCUT2D eigenvalue weighted by molar-refractivity contribution is 0.0722. The summed E-state index contributed by atoms with van der Waals surface area (Å²) in [4.78, 5) is 22.0. The van der Waals surface area contributed by atoms with Crippen molar-refractivity contribution in [2.75, 3.05) is 13.1 Å². The van der Waals surface area contributed by atoms with Crippen LogP contribution in [0.25, 0.3) is 10.9 Å². The molecule has 3 aliphatic rings. The number of hydrogen-bond acceptors (Lipinski definition) is 2. The van der Waals surface area contributed by atoms with Gasteiger partial charge in [-0.25, -0.2) is 0 Å². The average molecular weight is 442 g/mol. The molecular weight excluding hydrogens is 406 g/mol. The van der Waals surface area contributed by atoms with Gasteiger partial charge in [-0.1, -0.05) is 36.4 Å². The van der Waals surface area contributed by atoms with Crippen molar-refractivity contribution < 1.29 is 4.79 Å². The summed E-state index contributed by atoms with van der Waals surface area (Å²) in [7, 11) is 0. The molecule has 3 aromatic rings. The van der Waals surface area contributed by atoms with Crippen LogP contribution >= 0.6 is 0 Å². The van der Waals surface area contributed by atoms with Crippen LogP contribution in [-0.4, -0.2) is 45.9 Å². The van der Waals surface area contributed by atoms with Crippen molar-refractivity contribution in [1.82, 2.24) is 14.8 Å². The molecule has 4 heteroatoms. The summed E-state index contributed by atoms with van der Waals surface area (Å²) in [5.41, 5.74) is 7.55. The zero-order valence-electron chi connectivity index (χ0n) is 19.9. The highest BCUT2D eigenvalue weighted by Crippen LogP contribution is 2.40. The molecule has 1 N–H and O–H groups in total. The molecule has 0 atom stereocenters. The Hall–Kier alpha value is -2.59. The Morgan fingerprint density at radius 2 is 1.52 bits per heavy atom. The predicted octanol–water partition coefficient (Wildman–Crippen LogP) is 5.93. The number of aromatic amines is 1. The molecule has 0 spiro atoms. The maximum absolute atomic E-state index is 13.7. The Morgan fingerprint density at radius 1 is 0.879 bits per heavy atom.